The van der Waals surface area contributed by atoms with Crippen molar-refractivity contribution >= 4 is 27.4 Å². The van der Waals surface area contributed by atoms with E-state index in [4.69, 9.17) is 16.7 Å². The molecule has 2 rings (SSSR count). The van der Waals surface area contributed by atoms with Crippen LogP contribution in [-0.4, -0.2) is 24.7 Å². The summed E-state index contributed by atoms with van der Waals surface area (Å²) in [6.45, 7) is 1.55. The van der Waals surface area contributed by atoms with Gasteiger partial charge in [-0.3, -0.25) is 0 Å². The lowest BCUT2D eigenvalue weighted by Crippen LogP contribution is -2.14. The van der Waals surface area contributed by atoms with Gasteiger partial charge in [-0.1, -0.05) is 11.6 Å². The Balaban J connectivity index is 2.85. The van der Waals surface area contributed by atoms with E-state index in [-0.39, 0.29) is 16.9 Å². The number of carboxylic acid groups (broad SMARTS) is 1. The summed E-state index contributed by atoms with van der Waals surface area (Å²) in [5.41, 5.74) is 0.234. The van der Waals surface area contributed by atoms with Crippen LogP contribution in [0.5, 0.6) is 0 Å². The van der Waals surface area contributed by atoms with Crippen LogP contribution in [0.4, 0.5) is 0 Å². The summed E-state index contributed by atoms with van der Waals surface area (Å²) >= 11 is 5.88. The lowest BCUT2D eigenvalue weighted by molar-refractivity contribution is 0.0692. The van der Waals surface area contributed by atoms with E-state index >= 15 is 0 Å². The first-order valence-corrected chi connectivity index (χ1v) is 6.56. The number of hydrogen-bond acceptors (Lipinski definition) is 3. The van der Waals surface area contributed by atoms with Gasteiger partial charge in [0.2, 0.25) is 0 Å². The summed E-state index contributed by atoms with van der Waals surface area (Å²) in [6.07, 6.45) is 0.275. The summed E-state index contributed by atoms with van der Waals surface area (Å²) in [7, 11) is -3.55. The summed E-state index contributed by atoms with van der Waals surface area (Å²) in [4.78, 5) is 10.8. The highest BCUT2D eigenvalue weighted by Crippen LogP contribution is 2.37. The van der Waals surface area contributed by atoms with Crippen molar-refractivity contribution in [1.82, 2.24) is 0 Å². The SMILES string of the molecule is CC1Cc2c(Cl)ccc(C(=O)O)c2S1(=O)=O. The van der Waals surface area contributed by atoms with E-state index in [9.17, 15) is 13.2 Å². The van der Waals surface area contributed by atoms with Crippen molar-refractivity contribution in [3.63, 3.8) is 0 Å². The third-order valence-corrected chi connectivity index (χ3v) is 5.36. The zero-order valence-corrected chi connectivity index (χ0v) is 9.97. The van der Waals surface area contributed by atoms with Crippen molar-refractivity contribution in [3.05, 3.63) is 28.3 Å². The Labute approximate surface area is 97.8 Å². The third kappa shape index (κ3) is 1.43. The number of carbonyl (C=O) groups is 1. The molecule has 6 heteroatoms. The summed E-state index contributed by atoms with van der Waals surface area (Å²) in [5.74, 6) is -1.24. The lowest BCUT2D eigenvalue weighted by atomic mass is 10.1. The number of carboxylic acids is 1. The third-order valence-electron chi connectivity index (χ3n) is 2.74. The van der Waals surface area contributed by atoms with Gasteiger partial charge in [0, 0.05) is 5.02 Å². The number of rotatable bonds is 1. The van der Waals surface area contributed by atoms with Gasteiger partial charge in [-0.25, -0.2) is 13.2 Å². The largest absolute Gasteiger partial charge is 0.478 e. The molecule has 0 radical (unpaired) electrons. The van der Waals surface area contributed by atoms with Crippen LogP contribution in [0, 0.1) is 0 Å². The van der Waals surface area contributed by atoms with Crippen molar-refractivity contribution < 1.29 is 18.3 Å². The van der Waals surface area contributed by atoms with Crippen molar-refractivity contribution in [2.75, 3.05) is 0 Å². The van der Waals surface area contributed by atoms with Gasteiger partial charge < -0.3 is 5.11 Å². The number of hydrogen-bond donors (Lipinski definition) is 1. The maximum absolute atomic E-state index is 11.9. The van der Waals surface area contributed by atoms with E-state index in [2.05, 4.69) is 0 Å². The number of aromatic carboxylic acids is 1. The van der Waals surface area contributed by atoms with Crippen molar-refractivity contribution in [1.29, 1.82) is 0 Å². The minimum atomic E-state index is -3.55. The minimum Gasteiger partial charge on any atom is -0.478 e. The van der Waals surface area contributed by atoms with Gasteiger partial charge in [-0.2, -0.15) is 0 Å². The molecule has 1 aliphatic heterocycles. The van der Waals surface area contributed by atoms with Gasteiger partial charge in [0.05, 0.1) is 15.7 Å². The highest BCUT2D eigenvalue weighted by molar-refractivity contribution is 7.92. The molecule has 1 N–H and O–H groups in total. The van der Waals surface area contributed by atoms with Gasteiger partial charge in [0.1, 0.15) is 0 Å². The first kappa shape index (κ1) is 11.4. The highest BCUT2D eigenvalue weighted by Gasteiger charge is 2.38. The number of halogens is 1. The standard InChI is InChI=1S/C10H9ClO4S/c1-5-4-7-8(11)3-2-6(10(12)13)9(7)16(5,14)15/h2-3,5H,4H2,1H3,(H,12,13). The summed E-state index contributed by atoms with van der Waals surface area (Å²) < 4.78 is 23.9. The van der Waals surface area contributed by atoms with Gasteiger partial charge in [0.15, 0.2) is 9.84 Å². The smallest absolute Gasteiger partial charge is 0.337 e. The molecule has 1 aromatic rings. The Kier molecular flexibility index (Phi) is 2.47. The fourth-order valence-corrected chi connectivity index (χ4v) is 3.96. The monoisotopic (exact) mass is 260 g/mol. The molecule has 16 heavy (non-hydrogen) atoms. The Morgan fingerprint density at radius 2 is 2.12 bits per heavy atom. The molecular formula is C10H9ClO4S. The van der Waals surface area contributed by atoms with E-state index in [1.165, 1.54) is 12.1 Å². The molecule has 86 valence electrons. The Morgan fingerprint density at radius 1 is 1.50 bits per heavy atom. The first-order chi connectivity index (χ1) is 7.35. The molecule has 1 aromatic carbocycles. The van der Waals surface area contributed by atoms with Gasteiger partial charge in [-0.15, -0.1) is 0 Å². The van der Waals surface area contributed by atoms with Crippen molar-refractivity contribution in [2.24, 2.45) is 0 Å². The van der Waals surface area contributed by atoms with E-state index < -0.39 is 21.1 Å². The normalized spacial score (nSPS) is 21.8. The van der Waals surface area contributed by atoms with E-state index in [1.54, 1.807) is 6.92 Å². The van der Waals surface area contributed by atoms with Crippen LogP contribution in [0.2, 0.25) is 5.02 Å². The molecule has 4 nitrogen and oxygen atoms in total. The fraction of sp³-hybridized carbons (Fsp3) is 0.300. The molecule has 0 aliphatic carbocycles. The average Bonchev–Trinajstić information content (AvgIpc) is 2.41. The maximum atomic E-state index is 11.9. The second-order valence-corrected chi connectivity index (χ2v) is 6.48. The van der Waals surface area contributed by atoms with E-state index in [0.717, 1.165) is 0 Å². The van der Waals surface area contributed by atoms with Crippen LogP contribution in [0.25, 0.3) is 0 Å². The Bertz CT molecular complexity index is 577. The van der Waals surface area contributed by atoms with Crippen LogP contribution < -0.4 is 0 Å². The summed E-state index contributed by atoms with van der Waals surface area (Å²) in [5, 5.41) is 8.65. The van der Waals surface area contributed by atoms with Crippen molar-refractivity contribution in [3.8, 4) is 0 Å². The molecule has 1 heterocycles. The minimum absolute atomic E-state index is 0.111. The molecule has 0 spiro atoms. The fourth-order valence-electron chi connectivity index (χ4n) is 1.89. The number of sulfone groups is 1. The zero-order chi connectivity index (χ0) is 12.1. The van der Waals surface area contributed by atoms with Crippen molar-refractivity contribution in [2.45, 2.75) is 23.5 Å². The Morgan fingerprint density at radius 3 is 2.69 bits per heavy atom. The highest BCUT2D eigenvalue weighted by atomic mass is 35.5. The maximum Gasteiger partial charge on any atom is 0.337 e. The topological polar surface area (TPSA) is 71.4 Å². The number of fused-ring (bicyclic) bond motifs is 1. The predicted octanol–water partition coefficient (Wildman–Crippen LogP) is 1.76. The molecule has 0 aromatic heterocycles. The molecule has 0 fully saturated rings. The van der Waals surface area contributed by atoms with Gasteiger partial charge >= 0.3 is 5.97 Å². The van der Waals surface area contributed by atoms with Crippen LogP contribution in [0.15, 0.2) is 17.0 Å². The molecule has 1 atom stereocenters. The lowest BCUT2D eigenvalue weighted by Gasteiger charge is -2.05. The van der Waals surface area contributed by atoms with Crippen LogP contribution in [0.3, 0.4) is 0 Å². The van der Waals surface area contributed by atoms with Crippen LogP contribution in [0.1, 0.15) is 22.8 Å². The second-order valence-electron chi connectivity index (χ2n) is 3.77. The van der Waals surface area contributed by atoms with Gasteiger partial charge in [0.25, 0.3) is 0 Å². The first-order valence-electron chi connectivity index (χ1n) is 4.64. The molecule has 0 saturated heterocycles. The molecule has 0 amide bonds. The van der Waals surface area contributed by atoms with Gasteiger partial charge in [-0.05, 0) is 31.0 Å². The molecule has 0 saturated carbocycles. The molecule has 1 unspecified atom stereocenters. The molecule has 1 aliphatic rings. The van der Waals surface area contributed by atoms with Crippen LogP contribution in [-0.2, 0) is 16.3 Å². The van der Waals surface area contributed by atoms with Crippen LogP contribution >= 0.6 is 11.6 Å². The number of benzene rings is 1. The molecular weight excluding hydrogens is 252 g/mol. The predicted molar refractivity (Wildman–Crippen MR) is 58.8 cm³/mol. The quantitative estimate of drug-likeness (QED) is 0.835. The zero-order valence-electron chi connectivity index (χ0n) is 8.40. The summed E-state index contributed by atoms with van der Waals surface area (Å²) in [6, 6.07) is 2.66. The molecule has 0 bridgehead atoms. The van der Waals surface area contributed by atoms with E-state index in [0.29, 0.717) is 10.6 Å². The second kappa shape index (κ2) is 3.46. The van der Waals surface area contributed by atoms with E-state index in [1.807, 2.05) is 0 Å². The Hall–Kier alpha value is -1.07. The average molecular weight is 261 g/mol.